The smallest absolute Gasteiger partial charge is 0.338 e. The molecular weight excluding hydrogens is 294 g/mol. The predicted octanol–water partition coefficient (Wildman–Crippen LogP) is 1.10. The molecule has 0 spiro atoms. The lowest BCUT2D eigenvalue weighted by atomic mass is 10.1. The van der Waals surface area contributed by atoms with E-state index in [1.54, 1.807) is 6.92 Å². The summed E-state index contributed by atoms with van der Waals surface area (Å²) in [7, 11) is -2.47. The third kappa shape index (κ3) is 4.17. The maximum Gasteiger partial charge on any atom is 0.338 e. The molecule has 1 aromatic rings. The molecule has 19 heavy (non-hydrogen) atoms. The number of hydrogen-bond donors (Lipinski definition) is 1. The molecule has 1 aromatic carbocycles. The number of nitrogens with two attached hydrogens (primary N) is 1. The zero-order valence-corrected chi connectivity index (χ0v) is 12.0. The van der Waals surface area contributed by atoms with Crippen molar-refractivity contribution in [2.24, 2.45) is 5.14 Å². The van der Waals surface area contributed by atoms with Gasteiger partial charge in [0.25, 0.3) is 0 Å². The van der Waals surface area contributed by atoms with E-state index in [9.17, 15) is 13.2 Å². The lowest BCUT2D eigenvalue weighted by Crippen LogP contribution is -2.16. The van der Waals surface area contributed by atoms with Gasteiger partial charge in [0.05, 0.1) is 17.1 Å². The summed E-state index contributed by atoms with van der Waals surface area (Å²) in [6, 6.07) is 2.34. The Morgan fingerprint density at radius 3 is 2.53 bits per heavy atom. The predicted molar refractivity (Wildman–Crippen MR) is 69.7 cm³/mol. The van der Waals surface area contributed by atoms with Crippen LogP contribution in [0, 0.1) is 6.92 Å². The fourth-order valence-electron chi connectivity index (χ4n) is 1.33. The first-order valence-electron chi connectivity index (χ1n) is 5.26. The average molecular weight is 308 g/mol. The molecule has 0 unspecified atom stereocenters. The van der Waals surface area contributed by atoms with Crippen LogP contribution >= 0.6 is 11.6 Å². The van der Waals surface area contributed by atoms with Gasteiger partial charge in [0.15, 0.2) is 0 Å². The Bertz CT molecular complexity index is 585. The van der Waals surface area contributed by atoms with E-state index < -0.39 is 16.0 Å². The van der Waals surface area contributed by atoms with Gasteiger partial charge in [-0.15, -0.1) is 0 Å². The lowest BCUT2D eigenvalue weighted by molar-refractivity contribution is 0.0387. The summed E-state index contributed by atoms with van der Waals surface area (Å²) in [5.41, 5.74) is 0.490. The number of hydrogen-bond acceptors (Lipinski definition) is 5. The second-order valence-electron chi connectivity index (χ2n) is 3.75. The normalized spacial score (nSPS) is 11.4. The molecule has 0 saturated carbocycles. The zero-order valence-electron chi connectivity index (χ0n) is 10.5. The quantitative estimate of drug-likeness (QED) is 0.649. The molecule has 0 amide bonds. The van der Waals surface area contributed by atoms with E-state index in [4.69, 9.17) is 26.2 Å². The Morgan fingerprint density at radius 2 is 2.00 bits per heavy atom. The Kier molecular flexibility index (Phi) is 5.30. The summed E-state index contributed by atoms with van der Waals surface area (Å²) in [6.07, 6.45) is 0. The Hall–Kier alpha value is -1.15. The van der Waals surface area contributed by atoms with Crippen molar-refractivity contribution in [1.82, 2.24) is 0 Å². The van der Waals surface area contributed by atoms with Gasteiger partial charge in [-0.25, -0.2) is 18.4 Å². The van der Waals surface area contributed by atoms with Crippen molar-refractivity contribution in [3.05, 3.63) is 28.3 Å². The number of ether oxygens (including phenoxy) is 2. The molecule has 0 heterocycles. The van der Waals surface area contributed by atoms with Gasteiger partial charge in [0, 0.05) is 12.1 Å². The van der Waals surface area contributed by atoms with Crippen molar-refractivity contribution < 1.29 is 22.7 Å². The van der Waals surface area contributed by atoms with Crippen LogP contribution in [-0.4, -0.2) is 34.7 Å². The van der Waals surface area contributed by atoms with Gasteiger partial charge in [0.1, 0.15) is 6.61 Å². The molecule has 0 radical (unpaired) electrons. The largest absolute Gasteiger partial charge is 0.460 e. The molecular formula is C11H14ClNO5S. The summed E-state index contributed by atoms with van der Waals surface area (Å²) in [5, 5.41) is 5.14. The van der Waals surface area contributed by atoms with Gasteiger partial charge >= 0.3 is 5.97 Å². The minimum atomic E-state index is -3.94. The number of sulfonamides is 1. The van der Waals surface area contributed by atoms with E-state index >= 15 is 0 Å². The second-order valence-corrected chi connectivity index (χ2v) is 5.72. The van der Waals surface area contributed by atoms with Crippen molar-refractivity contribution in [3.8, 4) is 0 Å². The fourth-order valence-corrected chi connectivity index (χ4v) is 2.17. The fraction of sp³-hybridized carbons (Fsp3) is 0.364. The number of benzene rings is 1. The van der Waals surface area contributed by atoms with E-state index in [0.717, 1.165) is 6.07 Å². The summed E-state index contributed by atoms with van der Waals surface area (Å²) in [4.78, 5) is 11.6. The molecule has 6 nitrogen and oxygen atoms in total. The molecule has 0 saturated heterocycles. The van der Waals surface area contributed by atoms with Crippen LogP contribution in [0.2, 0.25) is 5.02 Å². The SMILES string of the molecule is COCCOC(=O)c1cc(S(N)(=O)=O)cc(Cl)c1C. The molecule has 0 bridgehead atoms. The van der Waals surface area contributed by atoms with E-state index in [1.165, 1.54) is 13.2 Å². The first kappa shape index (κ1) is 15.9. The van der Waals surface area contributed by atoms with Gasteiger partial charge in [-0.3, -0.25) is 0 Å². The van der Waals surface area contributed by atoms with Crippen LogP contribution in [0.15, 0.2) is 17.0 Å². The lowest BCUT2D eigenvalue weighted by Gasteiger charge is -2.10. The van der Waals surface area contributed by atoms with Crippen molar-refractivity contribution in [2.45, 2.75) is 11.8 Å². The van der Waals surface area contributed by atoms with E-state index in [1.807, 2.05) is 0 Å². The van der Waals surface area contributed by atoms with Crippen LogP contribution < -0.4 is 5.14 Å². The summed E-state index contributed by atoms with van der Waals surface area (Å²) < 4.78 is 32.2. The van der Waals surface area contributed by atoms with Gasteiger partial charge in [-0.2, -0.15) is 0 Å². The maximum atomic E-state index is 11.8. The van der Waals surface area contributed by atoms with Gasteiger partial charge in [0.2, 0.25) is 10.0 Å². The number of methoxy groups -OCH3 is 1. The Labute approximate surface area is 116 Å². The molecule has 0 aliphatic carbocycles. The Balaban J connectivity index is 3.13. The topological polar surface area (TPSA) is 95.7 Å². The summed E-state index contributed by atoms with van der Waals surface area (Å²) >= 11 is 5.88. The molecule has 2 N–H and O–H groups in total. The van der Waals surface area contributed by atoms with Crippen LogP contribution in [0.1, 0.15) is 15.9 Å². The monoisotopic (exact) mass is 307 g/mol. The molecule has 0 fully saturated rings. The van der Waals surface area contributed by atoms with Gasteiger partial charge in [-0.05, 0) is 24.6 Å². The second kappa shape index (κ2) is 6.33. The number of halogens is 1. The number of primary sulfonamides is 1. The van der Waals surface area contributed by atoms with Crippen molar-refractivity contribution in [3.63, 3.8) is 0 Å². The first-order chi connectivity index (χ1) is 8.77. The minimum absolute atomic E-state index is 0.0615. The van der Waals surface area contributed by atoms with Crippen LogP contribution in [0.3, 0.4) is 0 Å². The summed E-state index contributed by atoms with van der Waals surface area (Å²) in [6.45, 7) is 1.89. The number of rotatable bonds is 5. The highest BCUT2D eigenvalue weighted by Gasteiger charge is 2.18. The van der Waals surface area contributed by atoms with Crippen molar-refractivity contribution in [2.75, 3.05) is 20.3 Å². The van der Waals surface area contributed by atoms with E-state index in [0.29, 0.717) is 5.56 Å². The average Bonchev–Trinajstić information content (AvgIpc) is 2.31. The number of carbonyl (C=O) groups excluding carboxylic acids is 1. The highest BCUT2D eigenvalue weighted by molar-refractivity contribution is 7.89. The molecule has 0 aromatic heterocycles. The third-order valence-electron chi connectivity index (χ3n) is 2.39. The number of carbonyl (C=O) groups is 1. The van der Waals surface area contributed by atoms with E-state index in [-0.39, 0.29) is 28.7 Å². The maximum absolute atomic E-state index is 11.8. The van der Waals surface area contributed by atoms with Crippen molar-refractivity contribution in [1.29, 1.82) is 0 Å². The Morgan fingerprint density at radius 1 is 1.37 bits per heavy atom. The molecule has 0 atom stereocenters. The van der Waals surface area contributed by atoms with Gasteiger partial charge in [-0.1, -0.05) is 11.6 Å². The number of esters is 1. The minimum Gasteiger partial charge on any atom is -0.460 e. The standard InChI is InChI=1S/C11H14ClNO5S/c1-7-9(11(14)18-4-3-17-2)5-8(6-10(7)12)19(13,15)16/h5-6H,3-4H2,1-2H3,(H2,13,15,16). The highest BCUT2D eigenvalue weighted by Crippen LogP contribution is 2.24. The first-order valence-corrected chi connectivity index (χ1v) is 7.18. The van der Waals surface area contributed by atoms with Crippen LogP contribution in [0.25, 0.3) is 0 Å². The molecule has 0 aliphatic rings. The highest BCUT2D eigenvalue weighted by atomic mass is 35.5. The van der Waals surface area contributed by atoms with Crippen LogP contribution in [0.5, 0.6) is 0 Å². The molecule has 0 aliphatic heterocycles. The zero-order chi connectivity index (χ0) is 14.6. The molecule has 8 heteroatoms. The molecule has 106 valence electrons. The van der Waals surface area contributed by atoms with Gasteiger partial charge < -0.3 is 9.47 Å². The molecule has 1 rings (SSSR count). The van der Waals surface area contributed by atoms with E-state index in [2.05, 4.69) is 0 Å². The van der Waals surface area contributed by atoms with Crippen molar-refractivity contribution >= 4 is 27.6 Å². The summed E-state index contributed by atoms with van der Waals surface area (Å²) in [5.74, 6) is -0.679. The van der Waals surface area contributed by atoms with Crippen LogP contribution in [0.4, 0.5) is 0 Å². The van der Waals surface area contributed by atoms with Crippen LogP contribution in [-0.2, 0) is 19.5 Å². The third-order valence-corrected chi connectivity index (χ3v) is 3.67.